The average Bonchev–Trinajstić information content (AvgIpc) is 2.59. The van der Waals surface area contributed by atoms with Crippen molar-refractivity contribution in [3.63, 3.8) is 0 Å². The molecule has 0 aliphatic heterocycles. The van der Waals surface area contributed by atoms with Crippen LogP contribution in [0.3, 0.4) is 0 Å². The normalized spacial score (nSPS) is 12.4. The van der Waals surface area contributed by atoms with Crippen LogP contribution in [0.5, 0.6) is 0 Å². The fourth-order valence-electron chi connectivity index (χ4n) is 2.64. The van der Waals surface area contributed by atoms with Crippen molar-refractivity contribution >= 4 is 33.2 Å². The second kappa shape index (κ2) is 6.18. The van der Waals surface area contributed by atoms with E-state index in [2.05, 4.69) is 10.3 Å². The predicted molar refractivity (Wildman–Crippen MR) is 90.7 cm³/mol. The number of nitro groups is 1. The monoisotopic (exact) mass is 311 g/mol. The van der Waals surface area contributed by atoms with Crippen LogP contribution in [-0.4, -0.2) is 27.7 Å². The maximum absolute atomic E-state index is 11.0. The van der Waals surface area contributed by atoms with Gasteiger partial charge in [0, 0.05) is 22.9 Å². The van der Waals surface area contributed by atoms with Crippen molar-refractivity contribution in [3.8, 4) is 0 Å². The van der Waals surface area contributed by atoms with E-state index >= 15 is 0 Å². The van der Waals surface area contributed by atoms with E-state index in [1.165, 1.54) is 6.07 Å². The SMILES string of the molecule is CC[C@H](CO)Nc1nc2ccc([N+](=O)[O-])cc2c2ccccc12. The van der Waals surface area contributed by atoms with Gasteiger partial charge in [0.25, 0.3) is 5.69 Å². The molecule has 0 radical (unpaired) electrons. The van der Waals surface area contributed by atoms with Crippen LogP contribution in [0.2, 0.25) is 0 Å². The zero-order valence-corrected chi connectivity index (χ0v) is 12.7. The summed E-state index contributed by atoms with van der Waals surface area (Å²) in [5, 5.41) is 26.2. The molecule has 1 heterocycles. The highest BCUT2D eigenvalue weighted by atomic mass is 16.6. The third kappa shape index (κ3) is 2.80. The molecule has 0 fully saturated rings. The number of benzene rings is 2. The number of nitro benzene ring substituents is 1. The maximum atomic E-state index is 11.0. The van der Waals surface area contributed by atoms with Gasteiger partial charge in [0.2, 0.25) is 0 Å². The molecule has 3 rings (SSSR count). The van der Waals surface area contributed by atoms with Gasteiger partial charge in [0.05, 0.1) is 23.1 Å². The molecule has 0 spiro atoms. The lowest BCUT2D eigenvalue weighted by Gasteiger charge is -2.17. The molecular formula is C17H17N3O3. The molecule has 0 bridgehead atoms. The molecule has 1 atom stereocenters. The summed E-state index contributed by atoms with van der Waals surface area (Å²) in [4.78, 5) is 15.2. The van der Waals surface area contributed by atoms with Gasteiger partial charge in [0.1, 0.15) is 5.82 Å². The maximum Gasteiger partial charge on any atom is 0.270 e. The first kappa shape index (κ1) is 15.2. The first-order valence-electron chi connectivity index (χ1n) is 7.48. The van der Waals surface area contributed by atoms with Gasteiger partial charge in [-0.2, -0.15) is 0 Å². The minimum absolute atomic E-state index is 0.0187. The molecule has 118 valence electrons. The van der Waals surface area contributed by atoms with Crippen LogP contribution in [0.15, 0.2) is 42.5 Å². The van der Waals surface area contributed by atoms with E-state index in [1.54, 1.807) is 12.1 Å². The largest absolute Gasteiger partial charge is 0.394 e. The van der Waals surface area contributed by atoms with Gasteiger partial charge in [-0.1, -0.05) is 31.2 Å². The molecule has 0 amide bonds. The van der Waals surface area contributed by atoms with Crippen molar-refractivity contribution in [2.45, 2.75) is 19.4 Å². The Bertz CT molecular complexity index is 875. The van der Waals surface area contributed by atoms with Crippen LogP contribution in [-0.2, 0) is 0 Å². The number of aliphatic hydroxyl groups excluding tert-OH is 1. The molecular weight excluding hydrogens is 294 g/mol. The highest BCUT2D eigenvalue weighted by molar-refractivity contribution is 6.10. The van der Waals surface area contributed by atoms with Crippen molar-refractivity contribution < 1.29 is 10.0 Å². The molecule has 0 unspecified atom stereocenters. The van der Waals surface area contributed by atoms with Crippen LogP contribution < -0.4 is 5.32 Å². The topological polar surface area (TPSA) is 88.3 Å². The molecule has 2 aromatic carbocycles. The van der Waals surface area contributed by atoms with E-state index in [0.717, 1.165) is 22.6 Å². The number of anilines is 1. The van der Waals surface area contributed by atoms with Gasteiger partial charge < -0.3 is 10.4 Å². The first-order chi connectivity index (χ1) is 11.1. The highest BCUT2D eigenvalue weighted by Crippen LogP contribution is 2.31. The van der Waals surface area contributed by atoms with Gasteiger partial charge >= 0.3 is 0 Å². The molecule has 6 heteroatoms. The van der Waals surface area contributed by atoms with E-state index in [4.69, 9.17) is 0 Å². The molecule has 0 saturated carbocycles. The highest BCUT2D eigenvalue weighted by Gasteiger charge is 2.14. The van der Waals surface area contributed by atoms with Crippen LogP contribution in [0.4, 0.5) is 11.5 Å². The summed E-state index contributed by atoms with van der Waals surface area (Å²) < 4.78 is 0. The summed E-state index contributed by atoms with van der Waals surface area (Å²) in [6.45, 7) is 2.01. The number of aliphatic hydroxyl groups is 1. The summed E-state index contributed by atoms with van der Waals surface area (Å²) in [5.74, 6) is 0.683. The summed E-state index contributed by atoms with van der Waals surface area (Å²) in [6.07, 6.45) is 0.769. The lowest BCUT2D eigenvalue weighted by Crippen LogP contribution is -2.23. The third-order valence-corrected chi connectivity index (χ3v) is 3.95. The molecule has 23 heavy (non-hydrogen) atoms. The zero-order valence-electron chi connectivity index (χ0n) is 12.7. The molecule has 2 N–H and O–H groups in total. The van der Waals surface area contributed by atoms with Crippen molar-refractivity contribution in [2.24, 2.45) is 0 Å². The summed E-state index contributed by atoms with van der Waals surface area (Å²) in [7, 11) is 0. The second-order valence-electron chi connectivity index (χ2n) is 5.40. The van der Waals surface area contributed by atoms with Crippen LogP contribution in [0, 0.1) is 10.1 Å². The molecule has 0 aliphatic carbocycles. The van der Waals surface area contributed by atoms with Crippen molar-refractivity contribution in [2.75, 3.05) is 11.9 Å². The molecule has 1 aromatic heterocycles. The van der Waals surface area contributed by atoms with Crippen LogP contribution >= 0.6 is 0 Å². The van der Waals surface area contributed by atoms with Gasteiger partial charge in [0.15, 0.2) is 0 Å². The van der Waals surface area contributed by atoms with Crippen molar-refractivity contribution in [3.05, 3.63) is 52.6 Å². The summed E-state index contributed by atoms with van der Waals surface area (Å²) in [5.41, 5.74) is 0.733. The lowest BCUT2D eigenvalue weighted by molar-refractivity contribution is -0.384. The Morgan fingerprint density at radius 3 is 2.61 bits per heavy atom. The van der Waals surface area contributed by atoms with Crippen molar-refractivity contribution in [1.82, 2.24) is 4.98 Å². The Balaban J connectivity index is 2.25. The number of rotatable bonds is 5. The van der Waals surface area contributed by atoms with E-state index < -0.39 is 4.92 Å². The molecule has 0 saturated heterocycles. The second-order valence-corrected chi connectivity index (χ2v) is 5.40. The van der Waals surface area contributed by atoms with E-state index in [0.29, 0.717) is 11.3 Å². The van der Waals surface area contributed by atoms with Gasteiger partial charge in [-0.3, -0.25) is 10.1 Å². The van der Waals surface area contributed by atoms with E-state index in [9.17, 15) is 15.2 Å². The lowest BCUT2D eigenvalue weighted by atomic mass is 10.0. The Morgan fingerprint density at radius 2 is 1.96 bits per heavy atom. The molecule has 3 aromatic rings. The van der Waals surface area contributed by atoms with Gasteiger partial charge in [-0.05, 0) is 17.9 Å². The number of aromatic nitrogens is 1. The van der Waals surface area contributed by atoms with Crippen LogP contribution in [0.1, 0.15) is 13.3 Å². The van der Waals surface area contributed by atoms with E-state index in [-0.39, 0.29) is 18.3 Å². The smallest absolute Gasteiger partial charge is 0.270 e. The zero-order chi connectivity index (χ0) is 16.4. The summed E-state index contributed by atoms with van der Waals surface area (Å²) in [6, 6.07) is 12.2. The number of nitrogens with one attached hydrogen (secondary N) is 1. The van der Waals surface area contributed by atoms with Gasteiger partial charge in [-0.15, -0.1) is 0 Å². The fraction of sp³-hybridized carbons (Fsp3) is 0.235. The number of hydrogen-bond donors (Lipinski definition) is 2. The number of hydrogen-bond acceptors (Lipinski definition) is 5. The minimum atomic E-state index is -0.404. The predicted octanol–water partition coefficient (Wildman–Crippen LogP) is 3.48. The van der Waals surface area contributed by atoms with Crippen molar-refractivity contribution in [1.29, 1.82) is 0 Å². The number of nitrogens with zero attached hydrogens (tertiary/aromatic N) is 2. The Hall–Kier alpha value is -2.73. The summed E-state index contributed by atoms with van der Waals surface area (Å²) >= 11 is 0. The number of pyridine rings is 1. The van der Waals surface area contributed by atoms with Crippen LogP contribution in [0.25, 0.3) is 21.7 Å². The number of non-ortho nitro benzene ring substituents is 1. The Morgan fingerprint density at radius 1 is 1.22 bits per heavy atom. The standard InChI is InChI=1S/C17H17N3O3/c1-2-11(10-21)18-17-14-6-4-3-5-13(14)15-9-12(20(22)23)7-8-16(15)19-17/h3-9,11,21H,2,10H2,1H3,(H,18,19)/t11-/m1/s1. The Labute approximate surface area is 132 Å². The molecule has 0 aliphatic rings. The van der Waals surface area contributed by atoms with E-state index in [1.807, 2.05) is 31.2 Å². The quantitative estimate of drug-likeness (QED) is 0.428. The fourth-order valence-corrected chi connectivity index (χ4v) is 2.64. The Kier molecular flexibility index (Phi) is 4.08. The first-order valence-corrected chi connectivity index (χ1v) is 7.48. The minimum Gasteiger partial charge on any atom is -0.394 e. The third-order valence-electron chi connectivity index (χ3n) is 3.95. The average molecular weight is 311 g/mol. The molecule has 6 nitrogen and oxygen atoms in total. The number of fused-ring (bicyclic) bond motifs is 3. The van der Waals surface area contributed by atoms with Gasteiger partial charge in [-0.25, -0.2) is 4.98 Å².